The van der Waals surface area contributed by atoms with Crippen molar-refractivity contribution in [2.24, 2.45) is 4.99 Å². The van der Waals surface area contributed by atoms with Crippen molar-refractivity contribution in [1.82, 2.24) is 4.90 Å². The van der Waals surface area contributed by atoms with Crippen LogP contribution in [0.25, 0.3) is 6.08 Å². The second-order valence-corrected chi connectivity index (χ2v) is 5.85. The number of thioether (sulfide) groups is 1. The van der Waals surface area contributed by atoms with Gasteiger partial charge >= 0.3 is 0 Å². The monoisotopic (exact) mass is 272 g/mol. The number of nitrogens with zero attached hydrogens (tertiary/aromatic N) is 2. The normalized spacial score (nSPS) is 21.3. The van der Waals surface area contributed by atoms with Gasteiger partial charge in [0.15, 0.2) is 5.17 Å². The van der Waals surface area contributed by atoms with Crippen LogP contribution in [-0.2, 0) is 4.79 Å². The summed E-state index contributed by atoms with van der Waals surface area (Å²) in [5.41, 5.74) is 2.80. The van der Waals surface area contributed by atoms with Gasteiger partial charge in [0.1, 0.15) is 5.70 Å². The van der Waals surface area contributed by atoms with Crippen LogP contribution >= 0.6 is 11.8 Å². The predicted molar refractivity (Wildman–Crippen MR) is 80.0 cm³/mol. The van der Waals surface area contributed by atoms with E-state index in [0.717, 1.165) is 41.4 Å². The molecule has 1 fully saturated rings. The van der Waals surface area contributed by atoms with Gasteiger partial charge in [-0.3, -0.25) is 9.69 Å². The molecule has 0 N–H and O–H groups in total. The molecule has 0 aromatic heterocycles. The largest absolute Gasteiger partial charge is 0.286 e. The molecule has 0 bridgehead atoms. The number of carbonyl (C=O) groups is 1. The van der Waals surface area contributed by atoms with Gasteiger partial charge in [-0.25, -0.2) is 4.99 Å². The fraction of sp³-hybridized carbons (Fsp3) is 0.333. The zero-order chi connectivity index (χ0) is 13.2. The molecule has 98 valence electrons. The minimum atomic E-state index is 0.0488. The molecule has 1 aromatic carbocycles. The average Bonchev–Trinajstić information content (AvgIpc) is 2.60. The molecule has 1 saturated heterocycles. The van der Waals surface area contributed by atoms with Gasteiger partial charge in [-0.15, -0.1) is 0 Å². The highest BCUT2D eigenvalue weighted by atomic mass is 32.2. The molecule has 0 saturated carbocycles. The third-order valence-corrected chi connectivity index (χ3v) is 4.46. The summed E-state index contributed by atoms with van der Waals surface area (Å²) in [7, 11) is 0. The molecule has 0 unspecified atom stereocenters. The summed E-state index contributed by atoms with van der Waals surface area (Å²) in [6.07, 6.45) is 4.12. The summed E-state index contributed by atoms with van der Waals surface area (Å²) in [4.78, 5) is 18.7. The summed E-state index contributed by atoms with van der Waals surface area (Å²) >= 11 is 1.69. The SMILES string of the molecule is Cc1ccccc1/C=C1\N=C2SCCCCN2C1=O. The quantitative estimate of drug-likeness (QED) is 0.736. The Labute approximate surface area is 117 Å². The van der Waals surface area contributed by atoms with E-state index in [0.29, 0.717) is 5.70 Å². The van der Waals surface area contributed by atoms with E-state index < -0.39 is 0 Å². The number of hydrogen-bond donors (Lipinski definition) is 0. The molecule has 2 aliphatic heterocycles. The number of carbonyl (C=O) groups excluding carboxylic acids is 1. The molecule has 3 rings (SSSR count). The molecule has 0 atom stereocenters. The zero-order valence-corrected chi connectivity index (χ0v) is 11.7. The van der Waals surface area contributed by atoms with E-state index in [2.05, 4.69) is 4.99 Å². The number of rotatable bonds is 1. The first-order valence-electron chi connectivity index (χ1n) is 6.56. The lowest BCUT2D eigenvalue weighted by atomic mass is 10.1. The van der Waals surface area contributed by atoms with Crippen LogP contribution in [0.1, 0.15) is 24.0 Å². The van der Waals surface area contributed by atoms with E-state index in [4.69, 9.17) is 0 Å². The maximum absolute atomic E-state index is 12.3. The number of fused-ring (bicyclic) bond motifs is 1. The van der Waals surface area contributed by atoms with Crippen LogP contribution in [0.5, 0.6) is 0 Å². The molecule has 1 aromatic rings. The van der Waals surface area contributed by atoms with Crippen LogP contribution in [0.4, 0.5) is 0 Å². The van der Waals surface area contributed by atoms with Crippen molar-refractivity contribution in [2.75, 3.05) is 12.3 Å². The van der Waals surface area contributed by atoms with Crippen LogP contribution < -0.4 is 0 Å². The van der Waals surface area contributed by atoms with Crippen molar-refractivity contribution >= 4 is 28.9 Å². The van der Waals surface area contributed by atoms with Crippen LogP contribution in [0.2, 0.25) is 0 Å². The minimum Gasteiger partial charge on any atom is -0.286 e. The van der Waals surface area contributed by atoms with E-state index in [9.17, 15) is 4.79 Å². The minimum absolute atomic E-state index is 0.0488. The van der Waals surface area contributed by atoms with Crippen molar-refractivity contribution in [3.8, 4) is 0 Å². The van der Waals surface area contributed by atoms with Crippen LogP contribution in [0.15, 0.2) is 35.0 Å². The number of aryl methyl sites for hydroxylation is 1. The van der Waals surface area contributed by atoms with Gasteiger partial charge in [0.2, 0.25) is 0 Å². The summed E-state index contributed by atoms with van der Waals surface area (Å²) < 4.78 is 0. The van der Waals surface area contributed by atoms with Crippen LogP contribution in [-0.4, -0.2) is 28.3 Å². The van der Waals surface area contributed by atoms with E-state index in [1.807, 2.05) is 42.2 Å². The maximum Gasteiger partial charge on any atom is 0.278 e. The molecule has 0 radical (unpaired) electrons. The van der Waals surface area contributed by atoms with Gasteiger partial charge in [-0.1, -0.05) is 36.0 Å². The van der Waals surface area contributed by atoms with Crippen molar-refractivity contribution in [3.05, 3.63) is 41.1 Å². The summed E-state index contributed by atoms with van der Waals surface area (Å²) in [6, 6.07) is 8.06. The third kappa shape index (κ3) is 2.45. The fourth-order valence-corrected chi connectivity index (χ4v) is 3.29. The maximum atomic E-state index is 12.3. The summed E-state index contributed by atoms with van der Waals surface area (Å²) in [6.45, 7) is 2.85. The third-order valence-electron chi connectivity index (χ3n) is 3.40. The van der Waals surface area contributed by atoms with Gasteiger partial charge in [-0.2, -0.15) is 0 Å². The Morgan fingerprint density at radius 2 is 2.16 bits per heavy atom. The number of benzene rings is 1. The highest BCUT2D eigenvalue weighted by Gasteiger charge is 2.31. The number of amides is 1. The molecule has 0 spiro atoms. The second-order valence-electron chi connectivity index (χ2n) is 4.79. The lowest BCUT2D eigenvalue weighted by Gasteiger charge is -2.13. The Hall–Kier alpha value is -1.55. The molecular weight excluding hydrogens is 256 g/mol. The van der Waals surface area contributed by atoms with Gasteiger partial charge < -0.3 is 0 Å². The Morgan fingerprint density at radius 1 is 1.32 bits per heavy atom. The van der Waals surface area contributed by atoms with E-state index in [1.165, 1.54) is 0 Å². The summed E-state index contributed by atoms with van der Waals surface area (Å²) in [5.74, 6) is 1.10. The first kappa shape index (κ1) is 12.5. The van der Waals surface area contributed by atoms with Gasteiger partial charge in [0, 0.05) is 12.3 Å². The summed E-state index contributed by atoms with van der Waals surface area (Å²) in [5, 5.41) is 0.877. The lowest BCUT2D eigenvalue weighted by Crippen LogP contribution is -2.30. The van der Waals surface area contributed by atoms with Gasteiger partial charge in [0.25, 0.3) is 5.91 Å². The van der Waals surface area contributed by atoms with Crippen molar-refractivity contribution < 1.29 is 4.79 Å². The highest BCUT2D eigenvalue weighted by molar-refractivity contribution is 8.13. The Balaban J connectivity index is 1.94. The molecule has 4 heteroatoms. The number of amidine groups is 1. The van der Waals surface area contributed by atoms with E-state index in [-0.39, 0.29) is 5.91 Å². The second kappa shape index (κ2) is 5.21. The van der Waals surface area contributed by atoms with Crippen LogP contribution in [0, 0.1) is 6.92 Å². The van der Waals surface area contributed by atoms with Crippen molar-refractivity contribution in [2.45, 2.75) is 19.8 Å². The molecule has 19 heavy (non-hydrogen) atoms. The number of hydrogen-bond acceptors (Lipinski definition) is 3. The molecule has 0 aliphatic carbocycles. The van der Waals surface area contributed by atoms with Crippen molar-refractivity contribution in [1.29, 1.82) is 0 Å². The van der Waals surface area contributed by atoms with Crippen molar-refractivity contribution in [3.63, 3.8) is 0 Å². The average molecular weight is 272 g/mol. The van der Waals surface area contributed by atoms with Gasteiger partial charge in [-0.05, 0) is 37.0 Å². The van der Waals surface area contributed by atoms with Crippen LogP contribution in [0.3, 0.4) is 0 Å². The highest BCUT2D eigenvalue weighted by Crippen LogP contribution is 2.27. The Morgan fingerprint density at radius 3 is 3.00 bits per heavy atom. The first-order valence-corrected chi connectivity index (χ1v) is 7.55. The topological polar surface area (TPSA) is 32.7 Å². The zero-order valence-electron chi connectivity index (χ0n) is 10.9. The fourth-order valence-electron chi connectivity index (χ4n) is 2.27. The van der Waals surface area contributed by atoms with E-state index in [1.54, 1.807) is 11.8 Å². The first-order chi connectivity index (χ1) is 9.25. The standard InChI is InChI=1S/C15H16N2OS/c1-11-6-2-3-7-12(11)10-13-14(18)17-8-4-5-9-19-15(17)16-13/h2-3,6-7,10H,4-5,8-9H2,1H3/b13-10-. The number of aliphatic imine (C=N–C) groups is 1. The molecule has 2 aliphatic rings. The molecular formula is C15H16N2OS. The Bertz CT molecular complexity index is 577. The smallest absolute Gasteiger partial charge is 0.278 e. The molecule has 1 amide bonds. The predicted octanol–water partition coefficient (Wildman–Crippen LogP) is 3.06. The van der Waals surface area contributed by atoms with Gasteiger partial charge in [0.05, 0.1) is 0 Å². The Kier molecular flexibility index (Phi) is 3.42. The molecule has 3 nitrogen and oxygen atoms in total. The van der Waals surface area contributed by atoms with E-state index >= 15 is 0 Å². The lowest BCUT2D eigenvalue weighted by molar-refractivity contribution is -0.122. The molecule has 2 heterocycles.